The largest absolute Gasteiger partial charge is 0.390 e. The fraction of sp³-hybridized carbons (Fsp3) is 0.450. The van der Waals surface area contributed by atoms with Crippen molar-refractivity contribution >= 4 is 5.91 Å². The highest BCUT2D eigenvalue weighted by molar-refractivity contribution is 5.76. The van der Waals surface area contributed by atoms with Crippen LogP contribution >= 0.6 is 0 Å². The molecule has 8 heteroatoms. The van der Waals surface area contributed by atoms with Crippen LogP contribution in [-0.2, 0) is 11.3 Å². The highest BCUT2D eigenvalue weighted by Crippen LogP contribution is 2.31. The molecule has 0 spiro atoms. The van der Waals surface area contributed by atoms with Gasteiger partial charge in [-0.05, 0) is 43.4 Å². The smallest absolute Gasteiger partial charge is 0.267 e. The standard InChI is InChI=1S/C20H23F2N3O3/c1-11(2)19-16(12-4-13(21)6-14(22)5-12)7-18(27)25(24-19)10-17(26)23-15-8-20(3,28)9-15/h4-7,11,15,28H,8-10H2,1-3H3,(H,23,26)/t15-,20+. The van der Waals surface area contributed by atoms with Crippen molar-refractivity contribution in [1.29, 1.82) is 0 Å². The second kappa shape index (κ2) is 7.43. The van der Waals surface area contributed by atoms with Crippen LogP contribution in [0.2, 0.25) is 0 Å². The average Bonchev–Trinajstić information content (AvgIpc) is 2.53. The van der Waals surface area contributed by atoms with Crippen molar-refractivity contribution in [2.45, 2.75) is 57.7 Å². The van der Waals surface area contributed by atoms with Crippen LogP contribution in [0.5, 0.6) is 0 Å². The van der Waals surface area contributed by atoms with Gasteiger partial charge < -0.3 is 10.4 Å². The fourth-order valence-electron chi connectivity index (χ4n) is 3.50. The summed E-state index contributed by atoms with van der Waals surface area (Å²) in [7, 11) is 0. The first-order valence-electron chi connectivity index (χ1n) is 9.14. The molecule has 28 heavy (non-hydrogen) atoms. The molecule has 1 amide bonds. The summed E-state index contributed by atoms with van der Waals surface area (Å²) in [5.41, 5.74) is -0.285. The molecule has 1 aliphatic rings. The number of carbonyl (C=O) groups is 1. The van der Waals surface area contributed by atoms with Crippen molar-refractivity contribution in [3.63, 3.8) is 0 Å². The van der Waals surface area contributed by atoms with Gasteiger partial charge in [-0.2, -0.15) is 5.10 Å². The Hall–Kier alpha value is -2.61. The van der Waals surface area contributed by atoms with E-state index in [1.54, 1.807) is 6.92 Å². The summed E-state index contributed by atoms with van der Waals surface area (Å²) in [5.74, 6) is -2.01. The summed E-state index contributed by atoms with van der Waals surface area (Å²) in [5, 5.41) is 16.8. The van der Waals surface area contributed by atoms with Crippen LogP contribution in [0.4, 0.5) is 8.78 Å². The van der Waals surface area contributed by atoms with E-state index in [0.29, 0.717) is 24.1 Å². The predicted molar refractivity (Wildman–Crippen MR) is 99.7 cm³/mol. The van der Waals surface area contributed by atoms with E-state index in [1.165, 1.54) is 6.07 Å². The monoisotopic (exact) mass is 391 g/mol. The fourth-order valence-corrected chi connectivity index (χ4v) is 3.50. The normalized spacial score (nSPS) is 21.5. The van der Waals surface area contributed by atoms with E-state index >= 15 is 0 Å². The van der Waals surface area contributed by atoms with E-state index < -0.39 is 22.8 Å². The summed E-state index contributed by atoms with van der Waals surface area (Å²) in [6.07, 6.45) is 0.921. The van der Waals surface area contributed by atoms with Crippen LogP contribution in [0.25, 0.3) is 11.1 Å². The Bertz CT molecular complexity index is 941. The molecule has 3 rings (SSSR count). The molecule has 0 atom stereocenters. The second-order valence-corrected chi connectivity index (χ2v) is 7.92. The van der Waals surface area contributed by atoms with Crippen LogP contribution in [0.15, 0.2) is 29.1 Å². The first-order valence-corrected chi connectivity index (χ1v) is 9.14. The molecule has 0 bridgehead atoms. The summed E-state index contributed by atoms with van der Waals surface area (Å²) >= 11 is 0. The SMILES string of the molecule is CC(C)c1nn(CC(=O)N[C@H]2C[C@@](C)(O)C2)c(=O)cc1-c1cc(F)cc(F)c1. The van der Waals surface area contributed by atoms with Gasteiger partial charge in [-0.15, -0.1) is 0 Å². The van der Waals surface area contributed by atoms with Gasteiger partial charge in [0.1, 0.15) is 18.2 Å². The van der Waals surface area contributed by atoms with Crippen molar-refractivity contribution in [1.82, 2.24) is 15.1 Å². The molecule has 0 saturated heterocycles. The third-order valence-electron chi connectivity index (χ3n) is 4.78. The first-order chi connectivity index (χ1) is 13.0. The van der Waals surface area contributed by atoms with Crippen LogP contribution in [0, 0.1) is 11.6 Å². The lowest BCUT2D eigenvalue weighted by Crippen LogP contribution is -2.54. The van der Waals surface area contributed by atoms with Gasteiger partial charge in [-0.25, -0.2) is 13.5 Å². The molecule has 1 aromatic carbocycles. The van der Waals surface area contributed by atoms with Gasteiger partial charge in [0.05, 0.1) is 11.3 Å². The van der Waals surface area contributed by atoms with Gasteiger partial charge in [-0.1, -0.05) is 13.8 Å². The molecule has 2 aromatic rings. The van der Waals surface area contributed by atoms with Crippen LogP contribution in [0.1, 0.15) is 45.2 Å². The highest BCUT2D eigenvalue weighted by atomic mass is 19.1. The van der Waals surface area contributed by atoms with E-state index in [1.807, 2.05) is 13.8 Å². The molecule has 1 saturated carbocycles. The number of nitrogens with one attached hydrogen (secondary N) is 1. The minimum absolute atomic E-state index is 0.127. The number of hydrogen-bond donors (Lipinski definition) is 2. The molecule has 6 nitrogen and oxygen atoms in total. The number of nitrogens with zero attached hydrogens (tertiary/aromatic N) is 2. The number of halogens is 2. The highest BCUT2D eigenvalue weighted by Gasteiger charge is 2.39. The lowest BCUT2D eigenvalue weighted by Gasteiger charge is -2.41. The zero-order valence-corrected chi connectivity index (χ0v) is 16.0. The summed E-state index contributed by atoms with van der Waals surface area (Å²) < 4.78 is 28.2. The van der Waals surface area contributed by atoms with E-state index in [-0.39, 0.29) is 30.0 Å². The van der Waals surface area contributed by atoms with Crippen LogP contribution in [-0.4, -0.2) is 32.4 Å². The third kappa shape index (κ3) is 4.44. The van der Waals surface area contributed by atoms with Gasteiger partial charge >= 0.3 is 0 Å². The Labute approximate surface area is 161 Å². The molecule has 150 valence electrons. The maximum atomic E-state index is 13.6. The van der Waals surface area contributed by atoms with Gasteiger partial charge in [0.15, 0.2) is 0 Å². The molecular formula is C20H23F2N3O3. The Balaban J connectivity index is 1.87. The Morgan fingerprint density at radius 3 is 2.43 bits per heavy atom. The van der Waals surface area contributed by atoms with Gasteiger partial charge in [0.2, 0.25) is 5.91 Å². The molecular weight excluding hydrogens is 368 g/mol. The number of amides is 1. The minimum atomic E-state index is -0.764. The van der Waals surface area contributed by atoms with Gasteiger partial charge in [-0.3, -0.25) is 9.59 Å². The maximum Gasteiger partial charge on any atom is 0.267 e. The van der Waals surface area contributed by atoms with Crippen molar-refractivity contribution in [2.75, 3.05) is 0 Å². The molecule has 0 aliphatic heterocycles. The number of rotatable bonds is 5. The van der Waals surface area contributed by atoms with Crippen molar-refractivity contribution in [2.24, 2.45) is 0 Å². The van der Waals surface area contributed by atoms with Crippen LogP contribution in [0.3, 0.4) is 0 Å². The van der Waals surface area contributed by atoms with E-state index in [9.17, 15) is 23.5 Å². The first kappa shape index (κ1) is 20.1. The second-order valence-electron chi connectivity index (χ2n) is 7.92. The summed E-state index contributed by atoms with van der Waals surface area (Å²) in [6, 6.07) is 4.17. The molecule has 1 aliphatic carbocycles. The zero-order chi connectivity index (χ0) is 20.6. The summed E-state index contributed by atoms with van der Waals surface area (Å²) in [4.78, 5) is 24.7. The van der Waals surface area contributed by atoms with E-state index in [0.717, 1.165) is 22.9 Å². The lowest BCUT2D eigenvalue weighted by molar-refractivity contribution is -0.125. The number of aliphatic hydroxyl groups is 1. The third-order valence-corrected chi connectivity index (χ3v) is 4.78. The van der Waals surface area contributed by atoms with Crippen molar-refractivity contribution in [3.8, 4) is 11.1 Å². The molecule has 2 N–H and O–H groups in total. The van der Waals surface area contributed by atoms with E-state index in [2.05, 4.69) is 10.4 Å². The molecule has 0 unspecified atom stereocenters. The molecule has 0 radical (unpaired) electrons. The van der Waals surface area contributed by atoms with Gasteiger partial charge in [0, 0.05) is 23.7 Å². The Morgan fingerprint density at radius 1 is 1.29 bits per heavy atom. The number of benzene rings is 1. The maximum absolute atomic E-state index is 13.6. The molecule has 1 fully saturated rings. The van der Waals surface area contributed by atoms with E-state index in [4.69, 9.17) is 0 Å². The number of hydrogen-bond acceptors (Lipinski definition) is 4. The lowest BCUT2D eigenvalue weighted by atomic mass is 9.77. The average molecular weight is 391 g/mol. The van der Waals surface area contributed by atoms with Crippen molar-refractivity contribution in [3.05, 3.63) is 51.9 Å². The predicted octanol–water partition coefficient (Wildman–Crippen LogP) is 2.34. The number of aromatic nitrogens is 2. The minimum Gasteiger partial charge on any atom is -0.390 e. The van der Waals surface area contributed by atoms with Gasteiger partial charge in [0.25, 0.3) is 5.56 Å². The quantitative estimate of drug-likeness (QED) is 0.820. The molecule has 1 heterocycles. The van der Waals surface area contributed by atoms with Crippen LogP contribution < -0.4 is 10.9 Å². The zero-order valence-electron chi connectivity index (χ0n) is 16.0. The Kier molecular flexibility index (Phi) is 5.34. The number of carbonyl (C=O) groups excluding carboxylic acids is 1. The van der Waals surface area contributed by atoms with Crippen molar-refractivity contribution < 1.29 is 18.7 Å². The topological polar surface area (TPSA) is 84.2 Å². The molecule has 1 aromatic heterocycles. The Morgan fingerprint density at radius 2 is 1.89 bits per heavy atom. The summed E-state index contributed by atoms with van der Waals surface area (Å²) in [6.45, 7) is 5.11.